The fraction of sp³-hybridized carbons (Fsp3) is 0.429. The Balaban J connectivity index is 1.38. The minimum atomic E-state index is -0.0384. The maximum absolute atomic E-state index is 12.8. The number of aromatic nitrogens is 1. The van der Waals surface area contributed by atoms with Crippen molar-refractivity contribution in [2.24, 2.45) is 5.92 Å². The topological polar surface area (TPSA) is 48.5 Å². The number of fused-ring (bicyclic) bond motifs is 1. The second kappa shape index (κ2) is 7.56. The molecule has 0 unspecified atom stereocenters. The van der Waals surface area contributed by atoms with Gasteiger partial charge in [-0.15, -0.1) is 0 Å². The van der Waals surface area contributed by atoms with Crippen LogP contribution in [-0.2, 0) is 11.3 Å². The van der Waals surface area contributed by atoms with Crippen LogP contribution in [0.2, 0.25) is 0 Å². The van der Waals surface area contributed by atoms with Gasteiger partial charge in [-0.2, -0.15) is 0 Å². The van der Waals surface area contributed by atoms with Crippen LogP contribution >= 0.6 is 0 Å². The van der Waals surface area contributed by atoms with Gasteiger partial charge in [-0.25, -0.2) is 0 Å². The molecule has 3 atom stereocenters. The van der Waals surface area contributed by atoms with E-state index in [0.29, 0.717) is 12.0 Å². The summed E-state index contributed by atoms with van der Waals surface area (Å²) < 4.78 is 0. The van der Waals surface area contributed by atoms with Crippen LogP contribution in [0.1, 0.15) is 18.4 Å². The average Bonchev–Trinajstić information content (AvgIpc) is 3.00. The summed E-state index contributed by atoms with van der Waals surface area (Å²) in [6, 6.07) is 14.3. The number of carbonyl (C=O) groups is 1. The average molecular weight is 350 g/mol. The highest BCUT2D eigenvalue weighted by atomic mass is 16.2. The molecule has 4 rings (SSSR count). The lowest BCUT2D eigenvalue weighted by atomic mass is 9.92. The molecule has 2 aromatic rings. The van der Waals surface area contributed by atoms with Gasteiger partial charge >= 0.3 is 0 Å². The molecule has 2 aliphatic rings. The molecule has 2 fully saturated rings. The first-order valence-corrected chi connectivity index (χ1v) is 9.40. The van der Waals surface area contributed by atoms with Gasteiger partial charge in [0.25, 0.3) is 0 Å². The molecule has 0 aliphatic carbocycles. The Morgan fingerprint density at radius 2 is 2.08 bits per heavy atom. The van der Waals surface area contributed by atoms with Crippen molar-refractivity contribution in [1.29, 1.82) is 0 Å². The normalized spacial score (nSPS) is 26.4. The van der Waals surface area contributed by atoms with Crippen LogP contribution in [0, 0.1) is 5.92 Å². The largest absolute Gasteiger partial charge is 0.325 e. The highest BCUT2D eigenvalue weighted by Crippen LogP contribution is 2.35. The van der Waals surface area contributed by atoms with Crippen molar-refractivity contribution in [2.45, 2.75) is 31.5 Å². The molecule has 5 heteroatoms. The molecule has 5 nitrogen and oxygen atoms in total. The van der Waals surface area contributed by atoms with Crippen LogP contribution in [0.25, 0.3) is 0 Å². The Morgan fingerprint density at radius 1 is 1.23 bits per heavy atom. The number of likely N-dealkylation sites (tertiary alicyclic amines) is 2. The monoisotopic (exact) mass is 350 g/mol. The molecule has 26 heavy (non-hydrogen) atoms. The maximum Gasteiger partial charge on any atom is 0.241 e. The van der Waals surface area contributed by atoms with Crippen LogP contribution < -0.4 is 5.32 Å². The fourth-order valence-electron chi connectivity index (χ4n) is 4.48. The number of likely N-dealkylation sites (N-methyl/N-ethyl adjacent to an activating group) is 1. The van der Waals surface area contributed by atoms with Crippen LogP contribution in [-0.4, -0.2) is 52.9 Å². The third-order valence-corrected chi connectivity index (χ3v) is 5.79. The second-order valence-electron chi connectivity index (χ2n) is 7.48. The van der Waals surface area contributed by atoms with Gasteiger partial charge in [-0.1, -0.05) is 24.3 Å². The van der Waals surface area contributed by atoms with Gasteiger partial charge in [0, 0.05) is 37.2 Å². The number of amides is 1. The van der Waals surface area contributed by atoms with E-state index in [1.54, 1.807) is 0 Å². The number of benzene rings is 1. The van der Waals surface area contributed by atoms with Gasteiger partial charge in [0.05, 0.1) is 6.04 Å². The third-order valence-electron chi connectivity index (χ3n) is 5.79. The third kappa shape index (κ3) is 3.64. The zero-order valence-corrected chi connectivity index (χ0v) is 15.2. The predicted octanol–water partition coefficient (Wildman–Crippen LogP) is 2.61. The van der Waals surface area contributed by atoms with E-state index in [1.807, 2.05) is 48.8 Å². The molecule has 1 amide bonds. The lowest BCUT2D eigenvalue weighted by molar-refractivity contribution is -0.120. The van der Waals surface area contributed by atoms with E-state index in [4.69, 9.17) is 0 Å². The number of nitrogens with zero attached hydrogens (tertiary/aromatic N) is 3. The molecule has 0 spiro atoms. The summed E-state index contributed by atoms with van der Waals surface area (Å²) in [5.74, 6) is 0.670. The van der Waals surface area contributed by atoms with Gasteiger partial charge in [-0.05, 0) is 56.1 Å². The summed E-state index contributed by atoms with van der Waals surface area (Å²) in [5.41, 5.74) is 2.13. The standard InChI is InChI=1S/C21H26N4O/c1-24-19-9-11-25(14-16-6-5-10-22-13-16)15-17(19)12-20(24)21(26)23-18-7-3-2-4-8-18/h2-8,10,13,17,19-20H,9,11-12,14-15H2,1H3,(H,23,26)/t17-,19+,20-/m0/s1. The Labute approximate surface area is 155 Å². The first-order chi connectivity index (χ1) is 12.7. The molecule has 3 heterocycles. The first-order valence-electron chi connectivity index (χ1n) is 9.40. The molecule has 0 radical (unpaired) electrons. The SMILES string of the molecule is CN1[C@@H]2CCN(Cc3cccnc3)C[C@@H]2C[C@H]1C(=O)Nc1ccccc1. The van der Waals surface area contributed by atoms with E-state index in [0.717, 1.165) is 38.2 Å². The van der Waals surface area contributed by atoms with Crippen LogP contribution in [0.15, 0.2) is 54.9 Å². The fourth-order valence-corrected chi connectivity index (χ4v) is 4.48. The van der Waals surface area contributed by atoms with Crippen molar-refractivity contribution in [1.82, 2.24) is 14.8 Å². The Hall–Kier alpha value is -2.24. The zero-order chi connectivity index (χ0) is 17.9. The van der Waals surface area contributed by atoms with Crippen molar-refractivity contribution in [2.75, 3.05) is 25.5 Å². The van der Waals surface area contributed by atoms with E-state index < -0.39 is 0 Å². The van der Waals surface area contributed by atoms with Gasteiger partial charge < -0.3 is 5.32 Å². The van der Waals surface area contributed by atoms with E-state index in [-0.39, 0.29) is 11.9 Å². The minimum absolute atomic E-state index is 0.0384. The molecular weight excluding hydrogens is 324 g/mol. The highest BCUT2D eigenvalue weighted by molar-refractivity contribution is 5.95. The summed E-state index contributed by atoms with van der Waals surface area (Å²) >= 11 is 0. The van der Waals surface area contributed by atoms with Gasteiger partial charge in [0.15, 0.2) is 0 Å². The van der Waals surface area contributed by atoms with Crippen LogP contribution in [0.5, 0.6) is 0 Å². The van der Waals surface area contributed by atoms with E-state index >= 15 is 0 Å². The Morgan fingerprint density at radius 3 is 2.85 bits per heavy atom. The molecule has 1 aromatic heterocycles. The number of hydrogen-bond acceptors (Lipinski definition) is 4. The summed E-state index contributed by atoms with van der Waals surface area (Å²) in [4.78, 5) is 21.8. The minimum Gasteiger partial charge on any atom is -0.325 e. The number of carbonyl (C=O) groups excluding carboxylic acids is 1. The van der Waals surface area contributed by atoms with Gasteiger partial charge in [0.1, 0.15) is 0 Å². The molecular formula is C21H26N4O. The molecule has 0 saturated carbocycles. The molecule has 2 aliphatic heterocycles. The van der Waals surface area contributed by atoms with E-state index in [1.165, 1.54) is 5.56 Å². The Bertz CT molecular complexity index is 736. The molecule has 0 bridgehead atoms. The predicted molar refractivity (Wildman–Crippen MR) is 103 cm³/mol. The van der Waals surface area contributed by atoms with Gasteiger partial charge in [-0.3, -0.25) is 19.6 Å². The van der Waals surface area contributed by atoms with Crippen molar-refractivity contribution >= 4 is 11.6 Å². The first kappa shape index (κ1) is 17.2. The maximum atomic E-state index is 12.8. The van der Waals surface area contributed by atoms with Gasteiger partial charge in [0.2, 0.25) is 5.91 Å². The number of anilines is 1. The number of pyridine rings is 1. The summed E-state index contributed by atoms with van der Waals surface area (Å²) in [5, 5.41) is 3.07. The lowest BCUT2D eigenvalue weighted by Gasteiger charge is -2.37. The summed E-state index contributed by atoms with van der Waals surface area (Å²) in [6.07, 6.45) is 5.82. The van der Waals surface area contributed by atoms with Crippen molar-refractivity contribution in [3.63, 3.8) is 0 Å². The van der Waals surface area contributed by atoms with Crippen LogP contribution in [0.4, 0.5) is 5.69 Å². The number of piperidine rings is 1. The lowest BCUT2D eigenvalue weighted by Crippen LogP contribution is -2.46. The second-order valence-corrected chi connectivity index (χ2v) is 7.48. The van der Waals surface area contributed by atoms with E-state index in [2.05, 4.69) is 33.2 Å². The molecule has 1 aromatic carbocycles. The Kier molecular flexibility index (Phi) is 5.00. The van der Waals surface area contributed by atoms with Crippen molar-refractivity contribution in [3.05, 3.63) is 60.4 Å². The number of hydrogen-bond donors (Lipinski definition) is 1. The highest BCUT2D eigenvalue weighted by Gasteiger charge is 2.44. The van der Waals surface area contributed by atoms with Crippen molar-refractivity contribution < 1.29 is 4.79 Å². The zero-order valence-electron chi connectivity index (χ0n) is 15.2. The number of nitrogens with one attached hydrogen (secondary N) is 1. The van der Waals surface area contributed by atoms with Crippen LogP contribution in [0.3, 0.4) is 0 Å². The molecule has 136 valence electrons. The molecule has 2 saturated heterocycles. The molecule has 1 N–H and O–H groups in total. The number of para-hydroxylation sites is 1. The number of rotatable bonds is 4. The summed E-state index contributed by atoms with van der Waals surface area (Å²) in [7, 11) is 2.11. The van der Waals surface area contributed by atoms with Crippen molar-refractivity contribution in [3.8, 4) is 0 Å². The summed E-state index contributed by atoms with van der Waals surface area (Å²) in [6.45, 7) is 3.08. The smallest absolute Gasteiger partial charge is 0.241 e. The quantitative estimate of drug-likeness (QED) is 0.921. The van der Waals surface area contributed by atoms with E-state index in [9.17, 15) is 4.79 Å².